The first kappa shape index (κ1) is 18.3. The number of ether oxygens (including phenoxy) is 2. The highest BCUT2D eigenvalue weighted by Gasteiger charge is 2.34. The quantitative estimate of drug-likeness (QED) is 0.798. The molecule has 1 unspecified atom stereocenters. The number of rotatable bonds is 6. The van der Waals surface area contributed by atoms with Crippen molar-refractivity contribution < 1.29 is 19.1 Å². The van der Waals surface area contributed by atoms with Crippen LogP contribution in [-0.4, -0.2) is 25.5 Å². The van der Waals surface area contributed by atoms with E-state index in [0.717, 1.165) is 24.2 Å². The van der Waals surface area contributed by atoms with Gasteiger partial charge in [0.2, 0.25) is 5.91 Å². The third-order valence-corrected chi connectivity index (χ3v) is 5.35. The average Bonchev–Trinajstić information content (AvgIpc) is 3.51. The van der Waals surface area contributed by atoms with Crippen molar-refractivity contribution in [3.05, 3.63) is 47.5 Å². The predicted octanol–water partition coefficient (Wildman–Crippen LogP) is 3.86. The van der Waals surface area contributed by atoms with Crippen LogP contribution in [0.5, 0.6) is 11.5 Å². The standard InChI is InChI=1S/C22H24N2O4/c1-13-10-15(8-9-19(13)27-2)16(14-6-7-14)11-20(25)23-17-4-3-5-18-22(17)28-12-21(26)24-18/h3-5,8-10,14,16H,6-7,11-12H2,1-2H3,(H,23,25)(H,24,26). The minimum absolute atomic E-state index is 0.0459. The first-order valence-corrected chi connectivity index (χ1v) is 9.55. The SMILES string of the molecule is COc1ccc(C(CC(=O)Nc2cccc3c2OCC(=O)N3)C2CC2)cc1C. The number of amides is 2. The molecule has 0 aromatic heterocycles. The molecule has 2 amide bonds. The highest BCUT2D eigenvalue weighted by molar-refractivity contribution is 6.00. The lowest BCUT2D eigenvalue weighted by atomic mass is 9.89. The summed E-state index contributed by atoms with van der Waals surface area (Å²) in [6.07, 6.45) is 2.71. The molecule has 1 atom stereocenters. The summed E-state index contributed by atoms with van der Waals surface area (Å²) in [5.41, 5.74) is 3.42. The van der Waals surface area contributed by atoms with Crippen molar-refractivity contribution in [2.24, 2.45) is 5.92 Å². The van der Waals surface area contributed by atoms with Crippen LogP contribution >= 0.6 is 0 Å². The molecular weight excluding hydrogens is 356 g/mol. The molecule has 2 N–H and O–H groups in total. The van der Waals surface area contributed by atoms with Gasteiger partial charge >= 0.3 is 0 Å². The first-order chi connectivity index (χ1) is 13.5. The van der Waals surface area contributed by atoms with Crippen molar-refractivity contribution in [3.8, 4) is 11.5 Å². The van der Waals surface area contributed by atoms with E-state index in [1.165, 1.54) is 5.56 Å². The van der Waals surface area contributed by atoms with E-state index in [1.54, 1.807) is 25.3 Å². The molecule has 2 aliphatic rings. The van der Waals surface area contributed by atoms with Crippen molar-refractivity contribution >= 4 is 23.2 Å². The second-order valence-electron chi connectivity index (χ2n) is 7.44. The molecule has 4 rings (SSSR count). The van der Waals surface area contributed by atoms with Crippen LogP contribution < -0.4 is 20.1 Å². The van der Waals surface area contributed by atoms with E-state index in [9.17, 15) is 9.59 Å². The van der Waals surface area contributed by atoms with Gasteiger partial charge in [-0.1, -0.05) is 18.2 Å². The average molecular weight is 380 g/mol. The highest BCUT2D eigenvalue weighted by atomic mass is 16.5. The number of methoxy groups -OCH3 is 1. The van der Waals surface area contributed by atoms with E-state index < -0.39 is 0 Å². The minimum atomic E-state index is -0.195. The molecule has 1 aliphatic heterocycles. The zero-order valence-electron chi connectivity index (χ0n) is 16.1. The van der Waals surface area contributed by atoms with Crippen molar-refractivity contribution in [2.45, 2.75) is 32.1 Å². The van der Waals surface area contributed by atoms with Crippen LogP contribution in [0.1, 0.15) is 36.3 Å². The van der Waals surface area contributed by atoms with Gasteiger partial charge in [0.25, 0.3) is 5.91 Å². The predicted molar refractivity (Wildman–Crippen MR) is 107 cm³/mol. The summed E-state index contributed by atoms with van der Waals surface area (Å²) >= 11 is 0. The lowest BCUT2D eigenvalue weighted by Crippen LogP contribution is -2.26. The maximum absolute atomic E-state index is 12.8. The van der Waals surface area contributed by atoms with Gasteiger partial charge in [-0.05, 0) is 60.9 Å². The fourth-order valence-corrected chi connectivity index (χ4v) is 3.80. The molecule has 1 heterocycles. The summed E-state index contributed by atoms with van der Waals surface area (Å²) in [6.45, 7) is 1.98. The van der Waals surface area contributed by atoms with Crippen LogP contribution in [0.2, 0.25) is 0 Å². The number of hydrogen-bond donors (Lipinski definition) is 2. The number of nitrogens with one attached hydrogen (secondary N) is 2. The van der Waals surface area contributed by atoms with Gasteiger partial charge in [0.05, 0.1) is 18.5 Å². The molecule has 1 aliphatic carbocycles. The van der Waals surface area contributed by atoms with Crippen LogP contribution in [0.25, 0.3) is 0 Å². The number of benzene rings is 2. The summed E-state index contributed by atoms with van der Waals surface area (Å²) in [7, 11) is 1.67. The summed E-state index contributed by atoms with van der Waals surface area (Å²) in [6, 6.07) is 11.5. The summed E-state index contributed by atoms with van der Waals surface area (Å²) in [5.74, 6) is 1.85. The van der Waals surface area contributed by atoms with E-state index in [4.69, 9.17) is 9.47 Å². The van der Waals surface area contributed by atoms with Crippen LogP contribution in [0.3, 0.4) is 0 Å². The Labute approximate surface area is 164 Å². The fraction of sp³-hybridized carbons (Fsp3) is 0.364. The number of carbonyl (C=O) groups excluding carboxylic acids is 2. The molecule has 28 heavy (non-hydrogen) atoms. The lowest BCUT2D eigenvalue weighted by Gasteiger charge is -2.22. The zero-order valence-corrected chi connectivity index (χ0v) is 16.1. The lowest BCUT2D eigenvalue weighted by molar-refractivity contribution is -0.118. The maximum atomic E-state index is 12.8. The molecule has 0 bridgehead atoms. The van der Waals surface area contributed by atoms with Crippen LogP contribution in [-0.2, 0) is 9.59 Å². The largest absolute Gasteiger partial charge is 0.496 e. The molecule has 1 fully saturated rings. The normalized spacial score (nSPS) is 16.4. The Balaban J connectivity index is 1.50. The smallest absolute Gasteiger partial charge is 0.262 e. The number of fused-ring (bicyclic) bond motifs is 1. The number of para-hydroxylation sites is 1. The second kappa shape index (κ2) is 7.54. The minimum Gasteiger partial charge on any atom is -0.496 e. The number of anilines is 2. The Morgan fingerprint density at radius 1 is 1.32 bits per heavy atom. The molecule has 146 valence electrons. The number of aryl methyl sites for hydroxylation is 1. The van der Waals surface area contributed by atoms with E-state index in [-0.39, 0.29) is 24.3 Å². The van der Waals surface area contributed by atoms with E-state index in [1.807, 2.05) is 13.0 Å². The van der Waals surface area contributed by atoms with Crippen LogP contribution in [0.4, 0.5) is 11.4 Å². The summed E-state index contributed by atoms with van der Waals surface area (Å²) in [4.78, 5) is 24.3. The summed E-state index contributed by atoms with van der Waals surface area (Å²) in [5, 5.41) is 5.72. The molecule has 0 radical (unpaired) electrons. The van der Waals surface area contributed by atoms with Gasteiger partial charge in [-0.15, -0.1) is 0 Å². The monoisotopic (exact) mass is 380 g/mol. The molecule has 2 aromatic rings. The Morgan fingerprint density at radius 3 is 2.86 bits per heavy atom. The van der Waals surface area contributed by atoms with Gasteiger partial charge < -0.3 is 20.1 Å². The number of carbonyl (C=O) groups is 2. The fourth-order valence-electron chi connectivity index (χ4n) is 3.80. The Kier molecular flexibility index (Phi) is 4.94. The molecular formula is C22H24N2O4. The van der Waals surface area contributed by atoms with E-state index in [2.05, 4.69) is 22.8 Å². The van der Waals surface area contributed by atoms with Crippen LogP contribution in [0.15, 0.2) is 36.4 Å². The Hall–Kier alpha value is -3.02. The molecule has 0 spiro atoms. The molecule has 2 aromatic carbocycles. The Bertz CT molecular complexity index is 921. The van der Waals surface area contributed by atoms with Crippen molar-refractivity contribution in [1.29, 1.82) is 0 Å². The van der Waals surface area contributed by atoms with Crippen molar-refractivity contribution in [1.82, 2.24) is 0 Å². The Morgan fingerprint density at radius 2 is 2.14 bits per heavy atom. The molecule has 1 saturated carbocycles. The second-order valence-corrected chi connectivity index (χ2v) is 7.44. The zero-order chi connectivity index (χ0) is 19.7. The molecule has 6 heteroatoms. The van der Waals surface area contributed by atoms with Gasteiger partial charge in [0, 0.05) is 6.42 Å². The highest BCUT2D eigenvalue weighted by Crippen LogP contribution is 2.45. The third kappa shape index (κ3) is 3.81. The van der Waals surface area contributed by atoms with E-state index in [0.29, 0.717) is 29.5 Å². The van der Waals surface area contributed by atoms with Gasteiger partial charge in [0.15, 0.2) is 12.4 Å². The van der Waals surface area contributed by atoms with Gasteiger partial charge in [-0.2, -0.15) is 0 Å². The van der Waals surface area contributed by atoms with E-state index >= 15 is 0 Å². The van der Waals surface area contributed by atoms with Crippen LogP contribution in [0, 0.1) is 12.8 Å². The van der Waals surface area contributed by atoms with Crippen molar-refractivity contribution in [3.63, 3.8) is 0 Å². The first-order valence-electron chi connectivity index (χ1n) is 9.55. The van der Waals surface area contributed by atoms with Crippen molar-refractivity contribution in [2.75, 3.05) is 24.4 Å². The molecule has 0 saturated heterocycles. The third-order valence-electron chi connectivity index (χ3n) is 5.35. The van der Waals surface area contributed by atoms with Gasteiger partial charge in [0.1, 0.15) is 5.75 Å². The number of hydrogen-bond acceptors (Lipinski definition) is 4. The topological polar surface area (TPSA) is 76.7 Å². The summed E-state index contributed by atoms with van der Waals surface area (Å²) < 4.78 is 10.9. The maximum Gasteiger partial charge on any atom is 0.262 e. The molecule has 6 nitrogen and oxygen atoms in total. The van der Waals surface area contributed by atoms with Gasteiger partial charge in [-0.3, -0.25) is 9.59 Å². The van der Waals surface area contributed by atoms with Gasteiger partial charge in [-0.25, -0.2) is 0 Å².